The maximum atomic E-state index is 12.2. The van der Waals surface area contributed by atoms with Gasteiger partial charge in [-0.15, -0.1) is 5.10 Å². The summed E-state index contributed by atoms with van der Waals surface area (Å²) in [5.41, 5.74) is 5.55. The Labute approximate surface area is 144 Å². The molecule has 0 unspecified atom stereocenters. The first-order chi connectivity index (χ1) is 12.0. The number of aromatic amines is 1. The Morgan fingerprint density at radius 2 is 2.12 bits per heavy atom. The number of nitrogens with zero attached hydrogens (tertiary/aromatic N) is 2. The fraction of sp³-hybridized carbons (Fsp3) is 0.500. The van der Waals surface area contributed by atoms with Crippen molar-refractivity contribution in [3.05, 3.63) is 12.3 Å². The molecule has 0 bridgehead atoms. The van der Waals surface area contributed by atoms with E-state index >= 15 is 0 Å². The summed E-state index contributed by atoms with van der Waals surface area (Å²) in [7, 11) is 0. The van der Waals surface area contributed by atoms with Gasteiger partial charge in [-0.2, -0.15) is 0 Å². The van der Waals surface area contributed by atoms with E-state index in [1.165, 1.54) is 25.5 Å². The van der Waals surface area contributed by atoms with Gasteiger partial charge in [0.1, 0.15) is 5.82 Å². The molecule has 0 aromatic carbocycles. The Balaban J connectivity index is 1.62. The smallest absolute Gasteiger partial charge is 0.389 e. The number of aromatic nitrogens is 3. The maximum absolute atomic E-state index is 12.2. The minimum atomic E-state index is -0.952. The van der Waals surface area contributed by atoms with Crippen molar-refractivity contribution in [3.63, 3.8) is 0 Å². The molecule has 0 saturated heterocycles. The molecule has 2 heterocycles. The van der Waals surface area contributed by atoms with Crippen molar-refractivity contribution in [2.45, 2.75) is 45.1 Å². The molecule has 3 amide bonds. The molecule has 5 N–H and O–H groups in total. The average molecular weight is 346 g/mol. The van der Waals surface area contributed by atoms with E-state index in [0.29, 0.717) is 22.6 Å². The van der Waals surface area contributed by atoms with Crippen LogP contribution in [-0.2, 0) is 0 Å². The number of carbonyl (C=O) groups excluding carboxylic acids is 2. The van der Waals surface area contributed by atoms with Crippen molar-refractivity contribution in [1.82, 2.24) is 20.5 Å². The van der Waals surface area contributed by atoms with Crippen molar-refractivity contribution in [2.24, 2.45) is 11.7 Å². The van der Waals surface area contributed by atoms with E-state index in [-0.39, 0.29) is 18.0 Å². The summed E-state index contributed by atoms with van der Waals surface area (Å²) in [6, 6.07) is 1.44. The number of hydrogen-bond donors (Lipinski definition) is 4. The van der Waals surface area contributed by atoms with E-state index in [1.54, 1.807) is 6.07 Å². The molecule has 0 spiro atoms. The summed E-state index contributed by atoms with van der Waals surface area (Å²) in [6.45, 7) is 2.04. The summed E-state index contributed by atoms with van der Waals surface area (Å²) in [4.78, 5) is 27.1. The number of fused-ring (bicyclic) bond motifs is 1. The van der Waals surface area contributed by atoms with Crippen molar-refractivity contribution in [3.8, 4) is 5.88 Å². The third-order valence-corrected chi connectivity index (χ3v) is 4.57. The number of anilines is 1. The highest BCUT2D eigenvalue weighted by atomic mass is 16.6. The summed E-state index contributed by atoms with van der Waals surface area (Å²) in [6.07, 6.45) is 6.55. The standard InChI is InChI=1S/C16H22N6O3/c1-9(10-5-3-2-4-6-10)19-16(24)20-13-7-12-11(8-18-13)14(22-21-12)25-15(17)23/h7-10H,2-6H2,1H3,(H2,17,23)(H,21,22)(H2,18,19,20,24)/t9-/m1/s1. The molecule has 2 aromatic heterocycles. The van der Waals surface area contributed by atoms with E-state index in [4.69, 9.17) is 10.5 Å². The van der Waals surface area contributed by atoms with Gasteiger partial charge < -0.3 is 15.8 Å². The van der Waals surface area contributed by atoms with Crippen LogP contribution in [0.4, 0.5) is 15.4 Å². The average Bonchev–Trinajstić information content (AvgIpc) is 2.97. The van der Waals surface area contributed by atoms with Gasteiger partial charge in [-0.1, -0.05) is 19.3 Å². The van der Waals surface area contributed by atoms with Gasteiger partial charge in [-0.25, -0.2) is 14.6 Å². The number of pyridine rings is 1. The van der Waals surface area contributed by atoms with Crippen LogP contribution in [0, 0.1) is 5.92 Å². The number of H-pyrrole nitrogens is 1. The first-order valence-electron chi connectivity index (χ1n) is 8.42. The molecule has 9 heteroatoms. The molecule has 1 fully saturated rings. The molecule has 1 atom stereocenters. The fourth-order valence-electron chi connectivity index (χ4n) is 3.24. The number of urea groups is 1. The van der Waals surface area contributed by atoms with Crippen LogP contribution >= 0.6 is 0 Å². The Kier molecular flexibility index (Phi) is 5.01. The number of primary amides is 1. The van der Waals surface area contributed by atoms with Crippen LogP contribution in [0.25, 0.3) is 10.9 Å². The van der Waals surface area contributed by atoms with E-state index < -0.39 is 6.09 Å². The minimum absolute atomic E-state index is 0.0527. The monoisotopic (exact) mass is 346 g/mol. The van der Waals surface area contributed by atoms with E-state index in [9.17, 15) is 9.59 Å². The second-order valence-electron chi connectivity index (χ2n) is 6.35. The van der Waals surface area contributed by atoms with Crippen LogP contribution in [0.3, 0.4) is 0 Å². The normalized spacial score (nSPS) is 16.4. The molecule has 1 aliphatic carbocycles. The second kappa shape index (κ2) is 7.37. The topological polar surface area (TPSA) is 135 Å². The zero-order valence-corrected chi connectivity index (χ0v) is 14.0. The van der Waals surface area contributed by atoms with Gasteiger partial charge in [0, 0.05) is 18.3 Å². The lowest BCUT2D eigenvalue weighted by atomic mass is 9.85. The lowest BCUT2D eigenvalue weighted by Gasteiger charge is -2.28. The Hall–Kier alpha value is -2.84. The molecule has 1 aliphatic rings. The zero-order valence-electron chi connectivity index (χ0n) is 14.0. The molecule has 25 heavy (non-hydrogen) atoms. The molecule has 0 aliphatic heterocycles. The largest absolute Gasteiger partial charge is 0.411 e. The van der Waals surface area contributed by atoms with Gasteiger partial charge >= 0.3 is 12.1 Å². The lowest BCUT2D eigenvalue weighted by Crippen LogP contribution is -2.41. The van der Waals surface area contributed by atoms with Gasteiger partial charge in [0.15, 0.2) is 0 Å². The third-order valence-electron chi connectivity index (χ3n) is 4.57. The molecule has 9 nitrogen and oxygen atoms in total. The molecule has 134 valence electrons. The molecule has 1 saturated carbocycles. The van der Waals surface area contributed by atoms with Gasteiger partial charge in [-0.3, -0.25) is 10.4 Å². The zero-order chi connectivity index (χ0) is 17.8. The van der Waals surface area contributed by atoms with Gasteiger partial charge in [0.05, 0.1) is 10.9 Å². The summed E-state index contributed by atoms with van der Waals surface area (Å²) >= 11 is 0. The van der Waals surface area contributed by atoms with Gasteiger partial charge in [0.25, 0.3) is 5.88 Å². The molecule has 3 rings (SSSR count). The van der Waals surface area contributed by atoms with Gasteiger partial charge in [-0.05, 0) is 25.7 Å². The highest BCUT2D eigenvalue weighted by molar-refractivity contribution is 5.92. The summed E-state index contributed by atoms with van der Waals surface area (Å²) in [5.74, 6) is 0.947. The molecule has 0 radical (unpaired) electrons. The Morgan fingerprint density at radius 3 is 2.84 bits per heavy atom. The minimum Gasteiger partial charge on any atom is -0.389 e. The van der Waals surface area contributed by atoms with E-state index in [2.05, 4.69) is 25.8 Å². The lowest BCUT2D eigenvalue weighted by molar-refractivity contribution is 0.209. The van der Waals surface area contributed by atoms with Crippen molar-refractivity contribution in [1.29, 1.82) is 0 Å². The predicted octanol–water partition coefficient (Wildman–Crippen LogP) is 2.51. The number of nitrogens with one attached hydrogen (secondary N) is 3. The first-order valence-corrected chi connectivity index (χ1v) is 8.42. The van der Waals surface area contributed by atoms with Crippen LogP contribution in [0.2, 0.25) is 0 Å². The molecular formula is C16H22N6O3. The predicted molar refractivity (Wildman–Crippen MR) is 92.3 cm³/mol. The van der Waals surface area contributed by atoms with Crippen LogP contribution < -0.4 is 21.1 Å². The highest BCUT2D eigenvalue weighted by Gasteiger charge is 2.21. The van der Waals surface area contributed by atoms with Crippen LogP contribution in [0.5, 0.6) is 5.88 Å². The van der Waals surface area contributed by atoms with Crippen molar-refractivity contribution >= 4 is 28.8 Å². The SMILES string of the molecule is C[C@@H](NC(=O)Nc1cc2[nH]nc(OC(N)=O)c2cn1)C1CCCCC1. The Morgan fingerprint density at radius 1 is 1.36 bits per heavy atom. The Bertz CT molecular complexity index is 768. The number of carbonyl (C=O) groups is 2. The van der Waals surface area contributed by atoms with E-state index in [0.717, 1.165) is 12.8 Å². The van der Waals surface area contributed by atoms with Gasteiger partial charge in [0.2, 0.25) is 0 Å². The number of ether oxygens (including phenoxy) is 1. The third kappa shape index (κ3) is 4.17. The quantitative estimate of drug-likeness (QED) is 0.674. The van der Waals surface area contributed by atoms with E-state index in [1.807, 2.05) is 6.92 Å². The second-order valence-corrected chi connectivity index (χ2v) is 6.35. The summed E-state index contributed by atoms with van der Waals surface area (Å²) in [5, 5.41) is 12.7. The number of nitrogens with two attached hydrogens (primary N) is 1. The fourth-order valence-corrected chi connectivity index (χ4v) is 3.24. The maximum Gasteiger partial charge on any atom is 0.411 e. The van der Waals surface area contributed by atoms with Crippen molar-refractivity contribution in [2.75, 3.05) is 5.32 Å². The molecular weight excluding hydrogens is 324 g/mol. The van der Waals surface area contributed by atoms with Crippen LogP contribution in [-0.4, -0.2) is 33.3 Å². The molecule has 2 aromatic rings. The number of rotatable bonds is 4. The number of hydrogen-bond acceptors (Lipinski definition) is 5. The highest BCUT2D eigenvalue weighted by Crippen LogP contribution is 2.26. The first kappa shape index (κ1) is 17.0. The van der Waals surface area contributed by atoms with Crippen molar-refractivity contribution < 1.29 is 14.3 Å². The number of amides is 3. The summed E-state index contributed by atoms with van der Waals surface area (Å²) < 4.78 is 4.77. The van der Waals surface area contributed by atoms with Crippen LogP contribution in [0.15, 0.2) is 12.3 Å². The van der Waals surface area contributed by atoms with Crippen LogP contribution in [0.1, 0.15) is 39.0 Å².